The Morgan fingerprint density at radius 1 is 0.971 bits per heavy atom. The van der Waals surface area contributed by atoms with Crippen molar-refractivity contribution < 1.29 is 14.7 Å². The minimum absolute atomic E-state index is 0.0214. The molecule has 0 unspecified atom stereocenters. The van der Waals surface area contributed by atoms with E-state index in [1.807, 2.05) is 0 Å². The summed E-state index contributed by atoms with van der Waals surface area (Å²) in [4.78, 5) is 29.7. The second-order valence-corrected chi connectivity index (χ2v) is 14.7. The van der Waals surface area contributed by atoms with Crippen molar-refractivity contribution in [1.29, 1.82) is 0 Å². The monoisotopic (exact) mass is 479 g/mol. The summed E-state index contributed by atoms with van der Waals surface area (Å²) in [5.74, 6) is 1.84. The molecule has 0 saturated heterocycles. The lowest BCUT2D eigenvalue weighted by Crippen LogP contribution is -2.66. The molecule has 35 heavy (non-hydrogen) atoms. The maximum absolute atomic E-state index is 13.2. The number of hydrogen-bond donors (Lipinski definition) is 1. The number of carboxylic acids is 1. The van der Waals surface area contributed by atoms with Crippen LogP contribution in [0.4, 0.5) is 0 Å². The van der Waals surface area contributed by atoms with Gasteiger partial charge in [0.05, 0.1) is 12.0 Å². The van der Waals surface area contributed by atoms with E-state index in [0.717, 1.165) is 51.4 Å². The second-order valence-electron chi connectivity index (χ2n) is 14.7. The molecule has 0 amide bonds. The Morgan fingerprint density at radius 3 is 2.26 bits per heavy atom. The maximum Gasteiger partial charge on any atom is 0.309 e. The van der Waals surface area contributed by atoms with E-state index in [1.165, 1.54) is 0 Å². The molecule has 1 N–H and O–H groups in total. The SMILES string of the molecule is [C-]#[N+]C1=C[C@]2(C)[C@H]3CC[C@@H]4[C@H]5[C@H](C(C)C)CC[C@]5(C(=O)O)CC[C@@]4(C)[C@]3(C)CC[C@H]2C(C)(C)C1=O. The van der Waals surface area contributed by atoms with Crippen LogP contribution in [0.15, 0.2) is 11.8 Å². The van der Waals surface area contributed by atoms with E-state index >= 15 is 0 Å². The van der Waals surface area contributed by atoms with Gasteiger partial charge in [-0.05, 0) is 103 Å². The number of fused-ring (bicyclic) bond motifs is 7. The Labute approximate surface area is 212 Å². The smallest absolute Gasteiger partial charge is 0.309 e. The molecule has 5 aliphatic carbocycles. The molecular formula is C31H45NO3. The first-order valence-corrected chi connectivity index (χ1v) is 14.1. The average Bonchev–Trinajstić information content (AvgIpc) is 3.18. The van der Waals surface area contributed by atoms with E-state index in [2.05, 4.69) is 59.4 Å². The lowest BCUT2D eigenvalue weighted by atomic mass is 9.33. The van der Waals surface area contributed by atoms with Crippen LogP contribution < -0.4 is 0 Å². The summed E-state index contributed by atoms with van der Waals surface area (Å²) in [7, 11) is 0. The Balaban J connectivity index is 1.61. The summed E-state index contributed by atoms with van der Waals surface area (Å²) < 4.78 is 0. The second kappa shape index (κ2) is 7.45. The molecule has 0 radical (unpaired) electrons. The number of carbonyl (C=O) groups is 2. The van der Waals surface area contributed by atoms with Gasteiger partial charge in [-0.15, -0.1) is 0 Å². The summed E-state index contributed by atoms with van der Waals surface area (Å²) >= 11 is 0. The molecule has 9 atom stereocenters. The van der Waals surface area contributed by atoms with Gasteiger partial charge in [0.1, 0.15) is 0 Å². The van der Waals surface area contributed by atoms with Gasteiger partial charge < -0.3 is 9.90 Å². The number of allylic oxidation sites excluding steroid dienone is 2. The fraction of sp³-hybridized carbons (Fsp3) is 0.839. The summed E-state index contributed by atoms with van der Waals surface area (Å²) in [6.07, 6.45) is 10.0. The van der Waals surface area contributed by atoms with Crippen molar-refractivity contribution >= 4 is 11.8 Å². The van der Waals surface area contributed by atoms with Crippen molar-refractivity contribution in [2.75, 3.05) is 0 Å². The van der Waals surface area contributed by atoms with Gasteiger partial charge in [0.25, 0.3) is 0 Å². The number of Topliss-reactive ketones (excluding diaryl/α,β-unsaturated/α-hetero) is 1. The predicted molar refractivity (Wildman–Crippen MR) is 137 cm³/mol. The van der Waals surface area contributed by atoms with Gasteiger partial charge in [0, 0.05) is 5.41 Å². The number of aliphatic carboxylic acids is 1. The molecule has 0 bridgehead atoms. The first-order valence-electron chi connectivity index (χ1n) is 14.1. The minimum Gasteiger partial charge on any atom is -0.481 e. The average molecular weight is 480 g/mol. The maximum atomic E-state index is 13.2. The van der Waals surface area contributed by atoms with Crippen LogP contribution in [0, 0.1) is 69.2 Å². The number of nitrogens with zero attached hydrogens (tertiary/aromatic N) is 1. The van der Waals surface area contributed by atoms with Crippen LogP contribution in [0.2, 0.25) is 0 Å². The van der Waals surface area contributed by atoms with Gasteiger partial charge in [0.2, 0.25) is 5.70 Å². The topological polar surface area (TPSA) is 58.7 Å². The molecule has 4 heteroatoms. The normalized spacial score (nSPS) is 50.3. The first kappa shape index (κ1) is 25.0. The fourth-order valence-electron chi connectivity index (χ4n) is 11.3. The third-order valence-corrected chi connectivity index (χ3v) is 13.2. The fourth-order valence-corrected chi connectivity index (χ4v) is 11.3. The molecule has 0 aromatic carbocycles. The molecule has 4 fully saturated rings. The van der Waals surface area contributed by atoms with Gasteiger partial charge in [-0.1, -0.05) is 54.5 Å². The van der Waals surface area contributed by atoms with E-state index in [0.29, 0.717) is 29.4 Å². The van der Waals surface area contributed by atoms with Gasteiger partial charge in [0.15, 0.2) is 5.78 Å². The van der Waals surface area contributed by atoms with Gasteiger partial charge in [-0.2, -0.15) is 0 Å². The van der Waals surface area contributed by atoms with Crippen LogP contribution in [0.1, 0.15) is 99.8 Å². The van der Waals surface area contributed by atoms with Crippen molar-refractivity contribution in [2.24, 2.45) is 62.6 Å². The van der Waals surface area contributed by atoms with Crippen LogP contribution in [0.5, 0.6) is 0 Å². The van der Waals surface area contributed by atoms with Gasteiger partial charge in [-0.25, -0.2) is 4.85 Å². The van der Waals surface area contributed by atoms with Crippen LogP contribution in [-0.4, -0.2) is 16.9 Å². The van der Waals surface area contributed by atoms with Crippen molar-refractivity contribution in [3.8, 4) is 0 Å². The zero-order valence-electron chi connectivity index (χ0n) is 22.9. The van der Waals surface area contributed by atoms with Crippen molar-refractivity contribution in [2.45, 2.75) is 99.8 Å². The Kier molecular flexibility index (Phi) is 5.33. The molecule has 0 heterocycles. The number of carboxylic acid groups (broad SMARTS) is 1. The molecule has 0 spiro atoms. The standard InChI is InChI=1S/C31H45NO3/c1-18(2)19-11-14-31(26(34)35)16-15-29(6)20(24(19)31)9-10-23-28(5)17-21(32-8)25(33)27(3,4)22(28)12-13-30(23,29)7/h17-20,22-24H,9-16H2,1-7H3,(H,34,35)/t19-,20+,22-,23+,24+,28-,29+,30+,31-/m0/s1. The van der Waals surface area contributed by atoms with Gasteiger partial charge >= 0.3 is 5.97 Å². The van der Waals surface area contributed by atoms with E-state index in [1.54, 1.807) is 0 Å². The van der Waals surface area contributed by atoms with Crippen molar-refractivity contribution in [3.63, 3.8) is 0 Å². The minimum atomic E-state index is -0.548. The van der Waals surface area contributed by atoms with E-state index in [4.69, 9.17) is 6.57 Å². The zero-order chi connectivity index (χ0) is 25.8. The van der Waals surface area contributed by atoms with E-state index in [-0.39, 0.29) is 33.9 Å². The lowest BCUT2D eigenvalue weighted by Gasteiger charge is -2.71. The highest BCUT2D eigenvalue weighted by Crippen LogP contribution is 2.77. The van der Waals surface area contributed by atoms with Crippen LogP contribution >= 0.6 is 0 Å². The summed E-state index contributed by atoms with van der Waals surface area (Å²) in [6, 6.07) is 0. The number of rotatable bonds is 2. The van der Waals surface area contributed by atoms with Gasteiger partial charge in [-0.3, -0.25) is 4.79 Å². The lowest BCUT2D eigenvalue weighted by molar-refractivity contribution is -0.223. The van der Waals surface area contributed by atoms with E-state index < -0.39 is 16.8 Å². The molecule has 4 saturated carbocycles. The summed E-state index contributed by atoms with van der Waals surface area (Å²) in [5, 5.41) is 10.5. The Bertz CT molecular complexity index is 1030. The highest BCUT2D eigenvalue weighted by atomic mass is 16.4. The molecule has 0 aromatic heterocycles. The van der Waals surface area contributed by atoms with Crippen LogP contribution in [0.25, 0.3) is 4.85 Å². The molecule has 192 valence electrons. The third-order valence-electron chi connectivity index (χ3n) is 13.2. The number of ketones is 1. The Morgan fingerprint density at radius 2 is 1.66 bits per heavy atom. The quantitative estimate of drug-likeness (QED) is 0.420. The van der Waals surface area contributed by atoms with Crippen LogP contribution in [0.3, 0.4) is 0 Å². The predicted octanol–water partition coefficient (Wildman–Crippen LogP) is 7.40. The summed E-state index contributed by atoms with van der Waals surface area (Å²) in [5.41, 5.74) is -0.720. The first-order chi connectivity index (χ1) is 16.2. The zero-order valence-corrected chi connectivity index (χ0v) is 22.9. The number of hydrogen-bond acceptors (Lipinski definition) is 2. The summed E-state index contributed by atoms with van der Waals surface area (Å²) in [6.45, 7) is 23.8. The molecular weight excluding hydrogens is 434 g/mol. The molecule has 5 rings (SSSR count). The Hall–Kier alpha value is -1.63. The molecule has 5 aliphatic rings. The highest BCUT2D eigenvalue weighted by Gasteiger charge is 2.72. The highest BCUT2D eigenvalue weighted by molar-refractivity contribution is 6.02. The van der Waals surface area contributed by atoms with E-state index in [9.17, 15) is 14.7 Å². The van der Waals surface area contributed by atoms with Crippen molar-refractivity contribution in [3.05, 3.63) is 23.2 Å². The van der Waals surface area contributed by atoms with Crippen molar-refractivity contribution in [1.82, 2.24) is 0 Å². The largest absolute Gasteiger partial charge is 0.481 e. The number of carbonyl (C=O) groups excluding carboxylic acids is 1. The molecule has 0 aliphatic heterocycles. The molecule has 0 aromatic rings. The molecule has 4 nitrogen and oxygen atoms in total. The van der Waals surface area contributed by atoms with Crippen LogP contribution in [-0.2, 0) is 9.59 Å². The third kappa shape index (κ3) is 2.85.